The van der Waals surface area contributed by atoms with Gasteiger partial charge in [-0.2, -0.15) is 0 Å². The Hall–Kier alpha value is -4.86. The fourth-order valence-electron chi connectivity index (χ4n) is 3.88. The standard InChI is InChI=1S/C16H15NO5.C16H17NO3.Fe/c1-11(18)13-8-15(21-2)16(9-14(13)17(19)20)22-10-12-6-4-3-5-7-12;1-11(18)13-8-15(19-2)16(9-14(13)17)20-10-12-6-4-3-5-7-12;/h3-9H,10H2,1-2H3;3-9H,10,17H2,1-2H3;. The van der Waals surface area contributed by atoms with Crippen LogP contribution in [0.4, 0.5) is 11.4 Å². The second-order valence-corrected chi connectivity index (χ2v) is 9.03. The predicted molar refractivity (Wildman–Crippen MR) is 159 cm³/mol. The molecule has 11 heteroatoms. The number of rotatable bonds is 11. The molecule has 4 rings (SSSR count). The zero-order valence-electron chi connectivity index (χ0n) is 24.1. The van der Waals surface area contributed by atoms with Crippen LogP contribution in [0.3, 0.4) is 0 Å². The molecule has 0 aliphatic rings. The molecule has 0 saturated carbocycles. The molecule has 0 radical (unpaired) electrons. The number of carbonyl (C=O) groups is 2. The van der Waals surface area contributed by atoms with E-state index in [2.05, 4.69) is 0 Å². The van der Waals surface area contributed by atoms with Gasteiger partial charge in [0.25, 0.3) is 5.69 Å². The van der Waals surface area contributed by atoms with Crippen molar-refractivity contribution < 1.29 is 50.5 Å². The molecule has 10 nitrogen and oxygen atoms in total. The molecular formula is C32H32FeN2O8. The van der Waals surface area contributed by atoms with Crippen molar-refractivity contribution in [2.45, 2.75) is 27.1 Å². The largest absolute Gasteiger partial charge is 0.493 e. The second kappa shape index (κ2) is 16.5. The van der Waals surface area contributed by atoms with E-state index in [1.807, 2.05) is 60.7 Å². The van der Waals surface area contributed by atoms with Gasteiger partial charge in [-0.1, -0.05) is 60.7 Å². The van der Waals surface area contributed by atoms with Gasteiger partial charge in [-0.3, -0.25) is 19.7 Å². The van der Waals surface area contributed by atoms with E-state index in [0.717, 1.165) is 11.1 Å². The minimum Gasteiger partial charge on any atom is -0.493 e. The topological polar surface area (TPSA) is 140 Å². The van der Waals surface area contributed by atoms with Crippen LogP contribution >= 0.6 is 0 Å². The molecule has 43 heavy (non-hydrogen) atoms. The van der Waals surface area contributed by atoms with Gasteiger partial charge in [-0.15, -0.1) is 0 Å². The molecule has 0 aliphatic carbocycles. The number of nitro benzene ring substituents is 1. The molecule has 0 spiro atoms. The molecule has 0 fully saturated rings. The first-order valence-electron chi connectivity index (χ1n) is 12.8. The van der Waals surface area contributed by atoms with E-state index in [1.54, 1.807) is 12.1 Å². The summed E-state index contributed by atoms with van der Waals surface area (Å²) in [4.78, 5) is 33.5. The Morgan fingerprint density at radius 1 is 0.698 bits per heavy atom. The molecule has 0 unspecified atom stereocenters. The van der Waals surface area contributed by atoms with Gasteiger partial charge < -0.3 is 24.7 Å². The summed E-state index contributed by atoms with van der Waals surface area (Å²) < 4.78 is 21.7. The molecule has 226 valence electrons. The minimum atomic E-state index is -0.606. The summed E-state index contributed by atoms with van der Waals surface area (Å²) in [6.45, 7) is 3.39. The van der Waals surface area contributed by atoms with Crippen LogP contribution in [0.25, 0.3) is 0 Å². The third-order valence-electron chi connectivity index (χ3n) is 6.05. The van der Waals surface area contributed by atoms with Gasteiger partial charge in [-0.25, -0.2) is 0 Å². The molecule has 4 aromatic carbocycles. The summed E-state index contributed by atoms with van der Waals surface area (Å²) in [6, 6.07) is 25.0. The molecule has 2 N–H and O–H groups in total. The van der Waals surface area contributed by atoms with Crippen LogP contribution in [0.1, 0.15) is 45.7 Å². The third kappa shape index (κ3) is 9.59. The number of nitrogens with two attached hydrogens (primary N) is 1. The molecular weight excluding hydrogens is 596 g/mol. The third-order valence-corrected chi connectivity index (χ3v) is 6.05. The van der Waals surface area contributed by atoms with E-state index in [1.165, 1.54) is 40.2 Å². The second-order valence-electron chi connectivity index (χ2n) is 9.03. The Morgan fingerprint density at radius 2 is 1.12 bits per heavy atom. The van der Waals surface area contributed by atoms with Gasteiger partial charge in [-0.05, 0) is 31.0 Å². The number of nitro groups is 1. The van der Waals surface area contributed by atoms with Gasteiger partial charge in [0.15, 0.2) is 34.6 Å². The smallest absolute Gasteiger partial charge is 0.284 e. The number of hydrogen-bond donors (Lipinski definition) is 1. The number of nitrogens with zero attached hydrogens (tertiary/aromatic N) is 1. The average molecular weight is 628 g/mol. The number of benzene rings is 4. The van der Waals surface area contributed by atoms with Crippen LogP contribution in [-0.4, -0.2) is 30.7 Å². The Labute approximate surface area is 260 Å². The van der Waals surface area contributed by atoms with Gasteiger partial charge >= 0.3 is 0 Å². The normalized spacial score (nSPS) is 9.86. The number of methoxy groups -OCH3 is 2. The summed E-state index contributed by atoms with van der Waals surface area (Å²) in [5.74, 6) is 1.03. The molecule has 0 heterocycles. The summed E-state index contributed by atoms with van der Waals surface area (Å²) in [6.07, 6.45) is 0. The first-order valence-corrected chi connectivity index (χ1v) is 12.8. The fourth-order valence-corrected chi connectivity index (χ4v) is 3.88. The zero-order chi connectivity index (χ0) is 30.6. The van der Waals surface area contributed by atoms with Gasteiger partial charge in [0.05, 0.1) is 30.8 Å². The van der Waals surface area contributed by atoms with Crippen molar-refractivity contribution in [2.24, 2.45) is 0 Å². The van der Waals surface area contributed by atoms with E-state index >= 15 is 0 Å². The van der Waals surface area contributed by atoms with Crippen molar-refractivity contribution in [3.63, 3.8) is 0 Å². The number of carbonyl (C=O) groups excluding carboxylic acids is 2. The molecule has 4 aromatic rings. The van der Waals surface area contributed by atoms with Crippen LogP contribution in [0.15, 0.2) is 84.9 Å². The molecule has 0 aromatic heterocycles. The van der Waals surface area contributed by atoms with Crippen molar-refractivity contribution in [3.8, 4) is 23.0 Å². The monoisotopic (exact) mass is 628 g/mol. The maximum atomic E-state index is 11.5. The first-order chi connectivity index (χ1) is 20.1. The van der Waals surface area contributed by atoms with E-state index < -0.39 is 10.7 Å². The molecule has 0 bridgehead atoms. The van der Waals surface area contributed by atoms with Crippen molar-refractivity contribution in [2.75, 3.05) is 20.0 Å². The van der Waals surface area contributed by atoms with E-state index in [0.29, 0.717) is 29.4 Å². The molecule has 0 aliphatic heterocycles. The number of ketones is 2. The maximum absolute atomic E-state index is 11.5. The SMILES string of the molecule is COc1cc(C(C)=O)c(N)cc1OCc1ccccc1.COc1cc(C(C)=O)c([N+](=O)[O-])cc1OCc1ccccc1.[Fe]. The number of hydrogen-bond acceptors (Lipinski definition) is 9. The number of ether oxygens (including phenoxy) is 4. The van der Waals surface area contributed by atoms with Crippen LogP contribution < -0.4 is 24.7 Å². The predicted octanol–water partition coefficient (Wildman–Crippen LogP) is 6.44. The number of nitrogen functional groups attached to an aromatic ring is 1. The molecule has 0 saturated heterocycles. The number of anilines is 1. The average Bonchev–Trinajstić information content (AvgIpc) is 2.99. The molecule has 0 atom stereocenters. The summed E-state index contributed by atoms with van der Waals surface area (Å²) >= 11 is 0. The molecule has 0 amide bonds. The van der Waals surface area contributed by atoms with Crippen LogP contribution in [0, 0.1) is 10.1 Å². The fraction of sp³-hybridized carbons (Fsp3) is 0.188. The Balaban J connectivity index is 0.000000295. The van der Waals surface area contributed by atoms with E-state index in [-0.39, 0.29) is 52.2 Å². The Bertz CT molecular complexity index is 1550. The zero-order valence-corrected chi connectivity index (χ0v) is 25.2. The number of Topliss-reactive ketones (excluding diaryl/α,β-unsaturated/α-hetero) is 2. The van der Waals surface area contributed by atoms with Gasteiger partial charge in [0, 0.05) is 40.5 Å². The van der Waals surface area contributed by atoms with Gasteiger partial charge in [0.2, 0.25) is 0 Å². The van der Waals surface area contributed by atoms with Crippen LogP contribution in [0.5, 0.6) is 23.0 Å². The Morgan fingerprint density at radius 3 is 1.51 bits per heavy atom. The van der Waals surface area contributed by atoms with Crippen molar-refractivity contribution in [3.05, 3.63) is 117 Å². The quantitative estimate of drug-likeness (QED) is 0.0653. The van der Waals surface area contributed by atoms with E-state index in [4.69, 9.17) is 24.7 Å². The van der Waals surface area contributed by atoms with E-state index in [9.17, 15) is 19.7 Å². The Kier molecular flexibility index (Phi) is 13.2. The summed E-state index contributed by atoms with van der Waals surface area (Å²) in [7, 11) is 2.95. The van der Waals surface area contributed by atoms with Gasteiger partial charge in [0.1, 0.15) is 13.2 Å². The summed E-state index contributed by atoms with van der Waals surface area (Å²) in [5, 5.41) is 11.1. The maximum Gasteiger partial charge on any atom is 0.284 e. The minimum absolute atomic E-state index is 0. The van der Waals surface area contributed by atoms with Crippen molar-refractivity contribution in [1.82, 2.24) is 0 Å². The van der Waals surface area contributed by atoms with Crippen molar-refractivity contribution in [1.29, 1.82) is 0 Å². The van der Waals surface area contributed by atoms with Crippen LogP contribution in [-0.2, 0) is 30.3 Å². The summed E-state index contributed by atoms with van der Waals surface area (Å²) in [5.41, 5.74) is 8.35. The van der Waals surface area contributed by atoms with Crippen LogP contribution in [0.2, 0.25) is 0 Å². The first kappa shape index (κ1) is 34.3. The van der Waals surface area contributed by atoms with Crippen molar-refractivity contribution >= 4 is 22.9 Å².